The second kappa shape index (κ2) is 9.36. The standard InChI is InChI=1S/C16H21IN6O3/c1-10-8-11(17)4-5-12(10)26-9-13(24)19-6-7-25-16-21-14(18)20-15(22-16)23(2)3/h4-5,8H,6-7,9H2,1-3H3,(H,19,24)(H2,18,20,21,22). The highest BCUT2D eigenvalue weighted by Gasteiger charge is 2.08. The summed E-state index contributed by atoms with van der Waals surface area (Å²) >= 11 is 2.23. The first-order chi connectivity index (χ1) is 12.3. The van der Waals surface area contributed by atoms with Crippen LogP contribution >= 0.6 is 22.6 Å². The molecule has 3 N–H and O–H groups in total. The van der Waals surface area contributed by atoms with Crippen LogP contribution in [-0.2, 0) is 4.79 Å². The van der Waals surface area contributed by atoms with Crippen LogP contribution in [0, 0.1) is 10.5 Å². The number of carbonyl (C=O) groups excluding carboxylic acids is 1. The number of aromatic nitrogens is 3. The first-order valence-corrected chi connectivity index (χ1v) is 8.90. The third kappa shape index (κ3) is 6.17. The van der Waals surface area contributed by atoms with Gasteiger partial charge in [0.1, 0.15) is 12.4 Å². The summed E-state index contributed by atoms with van der Waals surface area (Å²) in [6.45, 7) is 2.36. The zero-order valence-electron chi connectivity index (χ0n) is 14.8. The van der Waals surface area contributed by atoms with E-state index in [1.54, 1.807) is 19.0 Å². The Morgan fingerprint density at radius 3 is 2.73 bits per heavy atom. The van der Waals surface area contributed by atoms with Gasteiger partial charge in [0.2, 0.25) is 11.9 Å². The molecule has 10 heteroatoms. The van der Waals surface area contributed by atoms with E-state index in [-0.39, 0.29) is 37.6 Å². The Labute approximate surface area is 165 Å². The lowest BCUT2D eigenvalue weighted by molar-refractivity contribution is -0.123. The van der Waals surface area contributed by atoms with E-state index in [4.69, 9.17) is 15.2 Å². The Bertz CT molecular complexity index is 772. The van der Waals surface area contributed by atoms with Crippen LogP contribution in [0.15, 0.2) is 18.2 Å². The van der Waals surface area contributed by atoms with Gasteiger partial charge in [0.15, 0.2) is 6.61 Å². The first-order valence-electron chi connectivity index (χ1n) is 7.82. The summed E-state index contributed by atoms with van der Waals surface area (Å²) in [6, 6.07) is 5.88. The Kier molecular flexibility index (Phi) is 7.18. The third-order valence-corrected chi connectivity index (χ3v) is 3.84. The lowest BCUT2D eigenvalue weighted by Crippen LogP contribution is -2.32. The van der Waals surface area contributed by atoms with E-state index in [1.807, 2.05) is 25.1 Å². The highest BCUT2D eigenvalue weighted by molar-refractivity contribution is 14.1. The maximum atomic E-state index is 11.8. The molecule has 2 rings (SSSR count). The first kappa shape index (κ1) is 19.9. The molecule has 26 heavy (non-hydrogen) atoms. The van der Waals surface area contributed by atoms with E-state index in [1.165, 1.54) is 0 Å². The zero-order valence-corrected chi connectivity index (χ0v) is 17.0. The zero-order chi connectivity index (χ0) is 19.1. The van der Waals surface area contributed by atoms with Crippen LogP contribution in [0.2, 0.25) is 0 Å². The Morgan fingerprint density at radius 1 is 1.27 bits per heavy atom. The van der Waals surface area contributed by atoms with Crippen molar-refractivity contribution in [3.63, 3.8) is 0 Å². The van der Waals surface area contributed by atoms with Crippen molar-refractivity contribution in [3.8, 4) is 11.8 Å². The molecule has 0 bridgehead atoms. The van der Waals surface area contributed by atoms with Crippen LogP contribution < -0.4 is 25.4 Å². The molecule has 1 aromatic heterocycles. The number of aryl methyl sites for hydroxylation is 1. The average Bonchev–Trinajstić information content (AvgIpc) is 2.57. The van der Waals surface area contributed by atoms with E-state index in [9.17, 15) is 4.79 Å². The molecule has 0 aliphatic carbocycles. The number of amides is 1. The fraction of sp³-hybridized carbons (Fsp3) is 0.375. The molecule has 0 aliphatic rings. The number of nitrogens with one attached hydrogen (secondary N) is 1. The molecule has 0 saturated heterocycles. The van der Waals surface area contributed by atoms with Crippen molar-refractivity contribution in [3.05, 3.63) is 27.3 Å². The number of nitrogens with zero attached hydrogens (tertiary/aromatic N) is 4. The van der Waals surface area contributed by atoms with Crippen LogP contribution in [0.3, 0.4) is 0 Å². The molecule has 1 heterocycles. The summed E-state index contributed by atoms with van der Waals surface area (Å²) in [7, 11) is 3.57. The lowest BCUT2D eigenvalue weighted by atomic mass is 10.2. The fourth-order valence-electron chi connectivity index (χ4n) is 1.93. The Hall–Kier alpha value is -2.37. The van der Waals surface area contributed by atoms with Gasteiger partial charge in [-0.15, -0.1) is 0 Å². The maximum Gasteiger partial charge on any atom is 0.323 e. The van der Waals surface area contributed by atoms with Crippen molar-refractivity contribution < 1.29 is 14.3 Å². The quantitative estimate of drug-likeness (QED) is 0.432. The Balaban J connectivity index is 1.73. The predicted molar refractivity (Wildman–Crippen MR) is 106 cm³/mol. The lowest BCUT2D eigenvalue weighted by Gasteiger charge is -2.12. The minimum atomic E-state index is -0.240. The number of nitrogen functional groups attached to an aromatic ring is 1. The van der Waals surface area contributed by atoms with Crippen LogP contribution in [-0.4, -0.2) is 54.7 Å². The molecule has 0 unspecified atom stereocenters. The second-order valence-electron chi connectivity index (χ2n) is 5.57. The normalized spacial score (nSPS) is 10.3. The molecule has 9 nitrogen and oxygen atoms in total. The molecule has 140 valence electrons. The third-order valence-electron chi connectivity index (χ3n) is 3.17. The molecule has 0 saturated carbocycles. The van der Waals surface area contributed by atoms with E-state index >= 15 is 0 Å². The van der Waals surface area contributed by atoms with Gasteiger partial charge in [-0.1, -0.05) is 0 Å². The minimum absolute atomic E-state index is 0.0646. The number of carbonyl (C=O) groups is 1. The maximum absolute atomic E-state index is 11.8. The smallest absolute Gasteiger partial charge is 0.323 e. The largest absolute Gasteiger partial charge is 0.484 e. The van der Waals surface area contributed by atoms with Crippen molar-refractivity contribution >= 4 is 40.4 Å². The van der Waals surface area contributed by atoms with E-state index in [0.717, 1.165) is 9.13 Å². The van der Waals surface area contributed by atoms with Gasteiger partial charge < -0.3 is 25.4 Å². The summed E-state index contributed by atoms with van der Waals surface area (Å²) < 4.78 is 12.0. The number of anilines is 2. The summed E-state index contributed by atoms with van der Waals surface area (Å²) in [5.41, 5.74) is 6.59. The van der Waals surface area contributed by atoms with Crippen molar-refractivity contribution in [2.45, 2.75) is 6.92 Å². The number of halogens is 1. The average molecular weight is 472 g/mol. The Morgan fingerprint density at radius 2 is 2.04 bits per heavy atom. The number of hydrogen-bond acceptors (Lipinski definition) is 8. The van der Waals surface area contributed by atoms with Gasteiger partial charge >= 0.3 is 6.01 Å². The number of benzene rings is 1. The van der Waals surface area contributed by atoms with Crippen molar-refractivity contribution in [2.24, 2.45) is 0 Å². The SMILES string of the molecule is Cc1cc(I)ccc1OCC(=O)NCCOc1nc(N)nc(N(C)C)n1. The molecule has 2 aromatic rings. The van der Waals surface area contributed by atoms with Gasteiger partial charge in [-0.2, -0.15) is 15.0 Å². The molecule has 1 aromatic carbocycles. The van der Waals surface area contributed by atoms with Crippen LogP contribution in [0.4, 0.5) is 11.9 Å². The molecule has 0 radical (unpaired) electrons. The molecular weight excluding hydrogens is 451 g/mol. The predicted octanol–water partition coefficient (Wildman–Crippen LogP) is 1.01. The summed E-state index contributed by atoms with van der Waals surface area (Å²) in [5, 5.41) is 2.70. The molecule has 0 spiro atoms. The summed E-state index contributed by atoms with van der Waals surface area (Å²) in [6.07, 6.45) is 0. The molecule has 0 atom stereocenters. The summed E-state index contributed by atoms with van der Waals surface area (Å²) in [4.78, 5) is 25.5. The highest BCUT2D eigenvalue weighted by Crippen LogP contribution is 2.19. The number of hydrogen-bond donors (Lipinski definition) is 2. The van der Waals surface area contributed by atoms with Crippen LogP contribution in [0.5, 0.6) is 11.8 Å². The fourth-order valence-corrected chi connectivity index (χ4v) is 2.57. The molecular formula is C16H21IN6O3. The van der Waals surface area contributed by atoms with Gasteiger partial charge in [-0.05, 0) is 53.3 Å². The second-order valence-corrected chi connectivity index (χ2v) is 6.81. The number of rotatable bonds is 8. The summed E-state index contributed by atoms with van der Waals surface area (Å²) in [5.74, 6) is 0.922. The van der Waals surface area contributed by atoms with Gasteiger partial charge in [-0.3, -0.25) is 4.79 Å². The van der Waals surface area contributed by atoms with Crippen molar-refractivity contribution in [1.82, 2.24) is 20.3 Å². The number of nitrogens with two attached hydrogens (primary N) is 1. The van der Waals surface area contributed by atoms with Gasteiger partial charge in [0.05, 0.1) is 6.54 Å². The van der Waals surface area contributed by atoms with Gasteiger partial charge in [-0.25, -0.2) is 0 Å². The van der Waals surface area contributed by atoms with Crippen molar-refractivity contribution in [2.75, 3.05) is 44.5 Å². The van der Waals surface area contributed by atoms with E-state index in [0.29, 0.717) is 11.7 Å². The molecule has 1 amide bonds. The topological polar surface area (TPSA) is 115 Å². The highest BCUT2D eigenvalue weighted by atomic mass is 127. The monoisotopic (exact) mass is 472 g/mol. The van der Waals surface area contributed by atoms with Crippen LogP contribution in [0.1, 0.15) is 5.56 Å². The van der Waals surface area contributed by atoms with E-state index in [2.05, 4.69) is 42.9 Å². The van der Waals surface area contributed by atoms with Gasteiger partial charge in [0, 0.05) is 17.7 Å². The minimum Gasteiger partial charge on any atom is -0.484 e. The number of ether oxygens (including phenoxy) is 2. The van der Waals surface area contributed by atoms with Crippen LogP contribution in [0.25, 0.3) is 0 Å². The van der Waals surface area contributed by atoms with Gasteiger partial charge in [0.25, 0.3) is 5.91 Å². The molecule has 0 aliphatic heterocycles. The van der Waals surface area contributed by atoms with Crippen molar-refractivity contribution in [1.29, 1.82) is 0 Å². The molecule has 0 fully saturated rings. The van der Waals surface area contributed by atoms with E-state index < -0.39 is 0 Å².